The van der Waals surface area contributed by atoms with Crippen LogP contribution in [0, 0.1) is 6.92 Å². The molecule has 1 fully saturated rings. The smallest absolute Gasteiger partial charge is 0.317 e. The number of carboxylic acid groups (broad SMARTS) is 1. The monoisotopic (exact) mass is 196 g/mol. The van der Waals surface area contributed by atoms with Crippen LogP contribution in [0.5, 0.6) is 0 Å². The summed E-state index contributed by atoms with van der Waals surface area (Å²) in [7, 11) is 0. The largest absolute Gasteiger partial charge is 0.480 e. The Morgan fingerprint density at radius 1 is 1.64 bits per heavy atom. The lowest BCUT2D eigenvalue weighted by atomic mass is 9.64. The highest BCUT2D eigenvalue weighted by atomic mass is 16.4. The van der Waals surface area contributed by atoms with Crippen LogP contribution in [0.3, 0.4) is 0 Å². The number of carboxylic acids is 1. The van der Waals surface area contributed by atoms with E-state index in [-0.39, 0.29) is 12.8 Å². The van der Waals surface area contributed by atoms with Crippen LogP contribution in [0.25, 0.3) is 0 Å². The first kappa shape index (κ1) is 9.27. The van der Waals surface area contributed by atoms with Crippen molar-refractivity contribution in [3.8, 4) is 0 Å². The van der Waals surface area contributed by atoms with Crippen molar-refractivity contribution in [3.05, 3.63) is 23.7 Å². The van der Waals surface area contributed by atoms with E-state index in [0.29, 0.717) is 5.76 Å². The lowest BCUT2D eigenvalue weighted by molar-refractivity contribution is -0.154. The standard InChI is InChI=1S/C10H12O4/c1-6-2-3-14-8(6)10(9(12)13)4-7(11)5-10/h2-3,7,11H,4-5H2,1H3,(H,12,13). The predicted octanol–water partition coefficient (Wildman–Crippen LogP) is 1.07. The van der Waals surface area contributed by atoms with Crippen molar-refractivity contribution in [1.29, 1.82) is 0 Å². The predicted molar refractivity (Wildman–Crippen MR) is 48.0 cm³/mol. The molecule has 1 aliphatic rings. The summed E-state index contributed by atoms with van der Waals surface area (Å²) >= 11 is 0. The molecule has 1 aromatic heterocycles. The Hall–Kier alpha value is -1.29. The Bertz CT molecular complexity index is 360. The molecule has 0 radical (unpaired) electrons. The highest BCUT2D eigenvalue weighted by Gasteiger charge is 2.54. The van der Waals surface area contributed by atoms with Crippen LogP contribution in [0.4, 0.5) is 0 Å². The molecule has 0 aliphatic heterocycles. The van der Waals surface area contributed by atoms with Gasteiger partial charge < -0.3 is 14.6 Å². The average molecular weight is 196 g/mol. The van der Waals surface area contributed by atoms with Gasteiger partial charge in [0.1, 0.15) is 11.2 Å². The topological polar surface area (TPSA) is 70.7 Å². The fourth-order valence-corrected chi connectivity index (χ4v) is 2.06. The molecule has 1 aliphatic carbocycles. The van der Waals surface area contributed by atoms with E-state index in [9.17, 15) is 9.90 Å². The average Bonchev–Trinajstić information content (AvgIpc) is 2.45. The van der Waals surface area contributed by atoms with Crippen LogP contribution in [-0.4, -0.2) is 22.3 Å². The van der Waals surface area contributed by atoms with Crippen molar-refractivity contribution < 1.29 is 19.4 Å². The molecule has 0 unspecified atom stereocenters. The highest BCUT2D eigenvalue weighted by Crippen LogP contribution is 2.45. The van der Waals surface area contributed by atoms with E-state index in [1.807, 2.05) is 6.92 Å². The lowest BCUT2D eigenvalue weighted by Crippen LogP contribution is -2.50. The second-order valence-corrected chi connectivity index (χ2v) is 3.88. The molecule has 0 aromatic carbocycles. The molecule has 1 saturated carbocycles. The maximum absolute atomic E-state index is 11.1. The van der Waals surface area contributed by atoms with Gasteiger partial charge >= 0.3 is 5.97 Å². The number of hydrogen-bond donors (Lipinski definition) is 2. The molecule has 0 saturated heterocycles. The van der Waals surface area contributed by atoms with Crippen molar-refractivity contribution in [2.75, 3.05) is 0 Å². The molecule has 76 valence electrons. The Morgan fingerprint density at radius 2 is 2.29 bits per heavy atom. The number of rotatable bonds is 2. The fraction of sp³-hybridized carbons (Fsp3) is 0.500. The number of aliphatic carboxylic acids is 1. The lowest BCUT2D eigenvalue weighted by Gasteiger charge is -2.40. The Balaban J connectivity index is 2.39. The Labute approximate surface area is 81.2 Å². The van der Waals surface area contributed by atoms with Crippen LogP contribution < -0.4 is 0 Å². The molecule has 0 amide bonds. The number of aliphatic hydroxyl groups is 1. The summed E-state index contributed by atoms with van der Waals surface area (Å²) < 4.78 is 5.19. The van der Waals surface area contributed by atoms with Crippen LogP contribution in [0.1, 0.15) is 24.2 Å². The molecule has 4 nitrogen and oxygen atoms in total. The minimum absolute atomic E-state index is 0.247. The Kier molecular flexibility index (Phi) is 1.89. The molecular formula is C10H12O4. The molecular weight excluding hydrogens is 184 g/mol. The molecule has 1 aromatic rings. The highest BCUT2D eigenvalue weighted by molar-refractivity contribution is 5.82. The van der Waals surface area contributed by atoms with E-state index in [1.165, 1.54) is 6.26 Å². The molecule has 1 heterocycles. The SMILES string of the molecule is Cc1ccoc1C1(C(=O)O)CC(O)C1. The van der Waals surface area contributed by atoms with Gasteiger partial charge in [-0.1, -0.05) is 0 Å². The van der Waals surface area contributed by atoms with Crippen molar-refractivity contribution in [2.24, 2.45) is 0 Å². The zero-order valence-electron chi connectivity index (χ0n) is 7.86. The maximum atomic E-state index is 11.1. The molecule has 2 rings (SSSR count). The first-order chi connectivity index (χ1) is 6.56. The second kappa shape index (κ2) is 2.85. The summed E-state index contributed by atoms with van der Waals surface area (Å²) in [6.45, 7) is 1.81. The summed E-state index contributed by atoms with van der Waals surface area (Å²) in [6, 6.07) is 1.74. The molecule has 2 N–H and O–H groups in total. The molecule has 0 bridgehead atoms. The van der Waals surface area contributed by atoms with E-state index in [2.05, 4.69) is 0 Å². The number of aliphatic hydroxyl groups excluding tert-OH is 1. The van der Waals surface area contributed by atoms with E-state index in [4.69, 9.17) is 9.52 Å². The van der Waals surface area contributed by atoms with Gasteiger partial charge in [0.2, 0.25) is 0 Å². The van der Waals surface area contributed by atoms with Gasteiger partial charge in [0.05, 0.1) is 12.4 Å². The van der Waals surface area contributed by atoms with Gasteiger partial charge in [-0.25, -0.2) is 0 Å². The van der Waals surface area contributed by atoms with Crippen LogP contribution in [0.2, 0.25) is 0 Å². The Morgan fingerprint density at radius 3 is 2.64 bits per heavy atom. The number of furan rings is 1. The number of carbonyl (C=O) groups is 1. The van der Waals surface area contributed by atoms with Crippen LogP contribution in [0.15, 0.2) is 16.7 Å². The summed E-state index contributed by atoms with van der Waals surface area (Å²) in [4.78, 5) is 11.1. The van der Waals surface area contributed by atoms with Crippen molar-refractivity contribution in [2.45, 2.75) is 31.3 Å². The normalized spacial score (nSPS) is 31.1. The maximum Gasteiger partial charge on any atom is 0.317 e. The first-order valence-corrected chi connectivity index (χ1v) is 4.52. The molecule has 4 heteroatoms. The van der Waals surface area contributed by atoms with Gasteiger partial charge in [-0.05, 0) is 31.4 Å². The van der Waals surface area contributed by atoms with Gasteiger partial charge in [0.25, 0.3) is 0 Å². The van der Waals surface area contributed by atoms with Crippen molar-refractivity contribution in [1.82, 2.24) is 0 Å². The summed E-state index contributed by atoms with van der Waals surface area (Å²) in [5.41, 5.74) is -0.160. The van der Waals surface area contributed by atoms with E-state index in [1.54, 1.807) is 6.07 Å². The summed E-state index contributed by atoms with van der Waals surface area (Å²) in [5.74, 6) is -0.434. The van der Waals surface area contributed by atoms with Gasteiger partial charge in [-0.3, -0.25) is 4.79 Å². The third-order valence-corrected chi connectivity index (χ3v) is 2.87. The minimum Gasteiger partial charge on any atom is -0.480 e. The van der Waals surface area contributed by atoms with Crippen molar-refractivity contribution >= 4 is 5.97 Å². The van der Waals surface area contributed by atoms with Gasteiger partial charge in [-0.15, -0.1) is 0 Å². The van der Waals surface area contributed by atoms with Crippen molar-refractivity contribution in [3.63, 3.8) is 0 Å². The van der Waals surface area contributed by atoms with Gasteiger partial charge in [0.15, 0.2) is 0 Å². The van der Waals surface area contributed by atoms with E-state index < -0.39 is 17.5 Å². The zero-order chi connectivity index (χ0) is 10.3. The third kappa shape index (κ3) is 1.07. The quantitative estimate of drug-likeness (QED) is 0.742. The third-order valence-electron chi connectivity index (χ3n) is 2.87. The van der Waals surface area contributed by atoms with Gasteiger partial charge in [0, 0.05) is 0 Å². The molecule has 14 heavy (non-hydrogen) atoms. The fourth-order valence-electron chi connectivity index (χ4n) is 2.06. The minimum atomic E-state index is -0.993. The molecule has 0 spiro atoms. The van der Waals surface area contributed by atoms with Gasteiger partial charge in [-0.2, -0.15) is 0 Å². The summed E-state index contributed by atoms with van der Waals surface area (Å²) in [6.07, 6.45) is 1.46. The summed E-state index contributed by atoms with van der Waals surface area (Å²) in [5, 5.41) is 18.3. The van der Waals surface area contributed by atoms with E-state index >= 15 is 0 Å². The first-order valence-electron chi connectivity index (χ1n) is 4.52. The number of hydrogen-bond acceptors (Lipinski definition) is 3. The van der Waals surface area contributed by atoms with E-state index in [0.717, 1.165) is 5.56 Å². The number of aryl methyl sites for hydroxylation is 1. The molecule has 0 atom stereocenters. The zero-order valence-corrected chi connectivity index (χ0v) is 7.86. The van der Waals surface area contributed by atoms with Crippen LogP contribution in [-0.2, 0) is 10.2 Å². The second-order valence-electron chi connectivity index (χ2n) is 3.88. The van der Waals surface area contributed by atoms with Crippen LogP contribution >= 0.6 is 0 Å².